The lowest BCUT2D eigenvalue weighted by atomic mass is 9.80. The van der Waals surface area contributed by atoms with Gasteiger partial charge in [-0.05, 0) is 42.4 Å². The summed E-state index contributed by atoms with van der Waals surface area (Å²) in [6, 6.07) is 17.7. The number of hydrogen-bond acceptors (Lipinski definition) is 3. The fraction of sp³-hybridized carbons (Fsp3) is 0.200. The lowest BCUT2D eigenvalue weighted by molar-refractivity contribution is -0.254. The van der Waals surface area contributed by atoms with Crippen molar-refractivity contribution in [1.29, 1.82) is 0 Å². The molecule has 0 aliphatic heterocycles. The highest BCUT2D eigenvalue weighted by Gasteiger charge is 2.25. The van der Waals surface area contributed by atoms with Crippen LogP contribution < -0.4 is 5.11 Å². The Labute approximate surface area is 134 Å². The van der Waals surface area contributed by atoms with Crippen LogP contribution in [0.1, 0.15) is 39.5 Å². The van der Waals surface area contributed by atoms with Crippen molar-refractivity contribution in [3.05, 3.63) is 77.0 Å². The molecule has 1 aliphatic rings. The molecule has 0 saturated heterocycles. The number of fused-ring (bicyclic) bond motifs is 2. The second kappa shape index (κ2) is 5.51. The normalized spacial score (nSPS) is 17.0. The number of carboxylic acids is 1. The van der Waals surface area contributed by atoms with E-state index < -0.39 is 5.97 Å². The molecule has 4 rings (SSSR count). The van der Waals surface area contributed by atoms with Gasteiger partial charge in [-0.3, -0.25) is 4.98 Å². The molecular formula is C20H16NO2-. The third-order valence-corrected chi connectivity index (χ3v) is 4.73. The first-order valence-corrected chi connectivity index (χ1v) is 7.91. The Morgan fingerprint density at radius 1 is 1.04 bits per heavy atom. The molecule has 1 heterocycles. The fourth-order valence-corrected chi connectivity index (χ4v) is 3.63. The van der Waals surface area contributed by atoms with E-state index in [9.17, 15) is 9.90 Å². The number of aromatic carboxylic acids is 1. The van der Waals surface area contributed by atoms with Gasteiger partial charge in [0.1, 0.15) is 0 Å². The van der Waals surface area contributed by atoms with E-state index in [1.54, 1.807) is 0 Å². The maximum Gasteiger partial charge on any atom is 0.0725 e. The van der Waals surface area contributed by atoms with Gasteiger partial charge >= 0.3 is 0 Å². The molecule has 1 aliphatic carbocycles. The Balaban J connectivity index is 1.87. The summed E-state index contributed by atoms with van der Waals surface area (Å²) < 4.78 is 0. The zero-order valence-electron chi connectivity index (χ0n) is 12.7. The minimum absolute atomic E-state index is 0.325. The monoisotopic (exact) mass is 302 g/mol. The molecule has 0 N–H and O–H groups in total. The van der Waals surface area contributed by atoms with Crippen LogP contribution in [0.4, 0.5) is 0 Å². The van der Waals surface area contributed by atoms with E-state index in [2.05, 4.69) is 12.1 Å². The predicted molar refractivity (Wildman–Crippen MR) is 87.3 cm³/mol. The molecule has 3 nitrogen and oxygen atoms in total. The SMILES string of the molecule is O=C([O-])c1c2c(nc3ccccc13)CC[C@H](c1ccccc1)C2. The summed E-state index contributed by atoms with van der Waals surface area (Å²) in [6.07, 6.45) is 2.51. The van der Waals surface area contributed by atoms with Crippen LogP contribution >= 0.6 is 0 Å². The van der Waals surface area contributed by atoms with E-state index in [4.69, 9.17) is 4.98 Å². The first-order valence-electron chi connectivity index (χ1n) is 7.91. The second-order valence-corrected chi connectivity index (χ2v) is 6.07. The number of carbonyl (C=O) groups excluding carboxylic acids is 1. The molecule has 114 valence electrons. The van der Waals surface area contributed by atoms with Gasteiger partial charge in [0.05, 0.1) is 11.5 Å². The number of para-hydroxylation sites is 1. The largest absolute Gasteiger partial charge is 0.545 e. The van der Waals surface area contributed by atoms with Gasteiger partial charge in [-0.15, -0.1) is 0 Å². The average Bonchev–Trinajstić information content (AvgIpc) is 2.59. The van der Waals surface area contributed by atoms with Gasteiger partial charge in [-0.2, -0.15) is 0 Å². The molecule has 0 unspecified atom stereocenters. The summed E-state index contributed by atoms with van der Waals surface area (Å²) in [5.41, 5.74) is 4.09. The minimum atomic E-state index is -1.10. The van der Waals surface area contributed by atoms with Crippen molar-refractivity contribution in [1.82, 2.24) is 4.98 Å². The number of aromatic nitrogens is 1. The Bertz CT molecular complexity index is 887. The summed E-state index contributed by atoms with van der Waals surface area (Å²) in [5, 5.41) is 12.5. The molecule has 1 aromatic heterocycles. The highest BCUT2D eigenvalue weighted by molar-refractivity contribution is 6.03. The third-order valence-electron chi connectivity index (χ3n) is 4.73. The van der Waals surface area contributed by atoms with Crippen molar-refractivity contribution in [2.75, 3.05) is 0 Å². The molecule has 0 fully saturated rings. The number of hydrogen-bond donors (Lipinski definition) is 0. The molecule has 0 radical (unpaired) electrons. The van der Waals surface area contributed by atoms with Crippen LogP contribution in [-0.4, -0.2) is 11.0 Å². The Hall–Kier alpha value is -2.68. The van der Waals surface area contributed by atoms with Crippen LogP contribution in [0.15, 0.2) is 54.6 Å². The lowest BCUT2D eigenvalue weighted by Gasteiger charge is -2.27. The first kappa shape index (κ1) is 13.9. The fourth-order valence-electron chi connectivity index (χ4n) is 3.63. The number of carboxylic acid groups (broad SMARTS) is 1. The highest BCUT2D eigenvalue weighted by atomic mass is 16.4. The summed E-state index contributed by atoms with van der Waals surface area (Å²) in [6.45, 7) is 0. The number of nitrogens with zero attached hydrogens (tertiary/aromatic N) is 1. The summed E-state index contributed by atoms with van der Waals surface area (Å²) in [5.74, 6) is -0.765. The van der Waals surface area contributed by atoms with Crippen LogP contribution in [0, 0.1) is 0 Å². The summed E-state index contributed by atoms with van der Waals surface area (Å²) in [7, 11) is 0. The van der Waals surface area contributed by atoms with Crippen molar-refractivity contribution in [2.24, 2.45) is 0 Å². The molecule has 23 heavy (non-hydrogen) atoms. The second-order valence-electron chi connectivity index (χ2n) is 6.07. The van der Waals surface area contributed by atoms with Crippen molar-refractivity contribution in [2.45, 2.75) is 25.2 Å². The third kappa shape index (κ3) is 2.38. The zero-order chi connectivity index (χ0) is 15.8. The van der Waals surface area contributed by atoms with Crippen molar-refractivity contribution in [3.8, 4) is 0 Å². The quantitative estimate of drug-likeness (QED) is 0.731. The standard InChI is InChI=1S/C20H17NO2/c22-20(23)19-15-8-4-5-9-17(15)21-18-11-10-14(12-16(18)19)13-6-2-1-3-7-13/h1-9,14H,10-12H2,(H,22,23)/p-1/t14-/m0/s1. The molecule has 1 atom stereocenters. The topological polar surface area (TPSA) is 53.0 Å². The van der Waals surface area contributed by atoms with E-state index in [0.29, 0.717) is 23.3 Å². The van der Waals surface area contributed by atoms with Gasteiger partial charge in [0, 0.05) is 16.6 Å². The molecule has 0 saturated carbocycles. The molecule has 3 aromatic rings. The van der Waals surface area contributed by atoms with Gasteiger partial charge in [0.2, 0.25) is 0 Å². The summed E-state index contributed by atoms with van der Waals surface area (Å²) in [4.78, 5) is 16.5. The average molecular weight is 302 g/mol. The van der Waals surface area contributed by atoms with E-state index in [-0.39, 0.29) is 0 Å². The van der Waals surface area contributed by atoms with Gasteiger partial charge in [0.25, 0.3) is 0 Å². The smallest absolute Gasteiger partial charge is 0.0725 e. The maximum absolute atomic E-state index is 11.8. The van der Waals surface area contributed by atoms with Crippen LogP contribution in [0.2, 0.25) is 0 Å². The van der Waals surface area contributed by atoms with E-state index >= 15 is 0 Å². The number of benzene rings is 2. The van der Waals surface area contributed by atoms with Gasteiger partial charge in [-0.25, -0.2) is 0 Å². The van der Waals surface area contributed by atoms with E-state index in [1.165, 1.54) is 5.56 Å². The Kier molecular flexibility index (Phi) is 3.34. The Morgan fingerprint density at radius 2 is 1.78 bits per heavy atom. The van der Waals surface area contributed by atoms with Crippen LogP contribution in [0.3, 0.4) is 0 Å². The van der Waals surface area contributed by atoms with Crippen LogP contribution in [-0.2, 0) is 12.8 Å². The van der Waals surface area contributed by atoms with Crippen LogP contribution in [0.25, 0.3) is 10.9 Å². The van der Waals surface area contributed by atoms with Crippen molar-refractivity contribution in [3.63, 3.8) is 0 Å². The molecule has 0 bridgehead atoms. The Morgan fingerprint density at radius 3 is 2.57 bits per heavy atom. The highest BCUT2D eigenvalue weighted by Crippen LogP contribution is 2.35. The maximum atomic E-state index is 11.8. The van der Waals surface area contributed by atoms with Gasteiger partial charge < -0.3 is 9.90 Å². The number of carbonyl (C=O) groups is 1. The van der Waals surface area contributed by atoms with Crippen molar-refractivity contribution < 1.29 is 9.90 Å². The predicted octanol–water partition coefficient (Wildman–Crippen LogP) is 2.87. The minimum Gasteiger partial charge on any atom is -0.545 e. The van der Waals surface area contributed by atoms with E-state index in [1.807, 2.05) is 42.5 Å². The molecule has 0 amide bonds. The number of aryl methyl sites for hydroxylation is 1. The van der Waals surface area contributed by atoms with Crippen molar-refractivity contribution >= 4 is 16.9 Å². The molecular weight excluding hydrogens is 286 g/mol. The first-order chi connectivity index (χ1) is 11.2. The van der Waals surface area contributed by atoms with E-state index in [0.717, 1.165) is 29.6 Å². The van der Waals surface area contributed by atoms with Gasteiger partial charge in [-0.1, -0.05) is 48.5 Å². The van der Waals surface area contributed by atoms with Gasteiger partial charge in [0.15, 0.2) is 0 Å². The molecule has 3 heteroatoms. The molecule has 0 spiro atoms. The lowest BCUT2D eigenvalue weighted by Crippen LogP contribution is -2.27. The number of rotatable bonds is 2. The van der Waals surface area contributed by atoms with Crippen LogP contribution in [0.5, 0.6) is 0 Å². The zero-order valence-corrected chi connectivity index (χ0v) is 12.7. The number of pyridine rings is 1. The molecule has 2 aromatic carbocycles. The summed E-state index contributed by atoms with van der Waals surface area (Å²) >= 11 is 0.